The van der Waals surface area contributed by atoms with Gasteiger partial charge in [0.2, 0.25) is 0 Å². The second kappa shape index (κ2) is 7.37. The minimum atomic E-state index is 0.489. The van der Waals surface area contributed by atoms with Gasteiger partial charge < -0.3 is 5.32 Å². The fraction of sp³-hybridized carbons (Fsp3) is 0.368. The van der Waals surface area contributed by atoms with Gasteiger partial charge in [-0.2, -0.15) is 5.10 Å². The summed E-state index contributed by atoms with van der Waals surface area (Å²) in [5.41, 5.74) is 2.69. The first-order valence-corrected chi connectivity index (χ1v) is 9.57. The van der Waals surface area contributed by atoms with Crippen LogP contribution < -0.4 is 5.32 Å². The van der Waals surface area contributed by atoms with Crippen molar-refractivity contribution in [2.45, 2.75) is 26.6 Å². The van der Waals surface area contributed by atoms with Gasteiger partial charge in [0, 0.05) is 55.9 Å². The molecule has 4 heterocycles. The SMILES string of the molecule is Cc1ccsc1CN1Cc2ccnn2C[C@H](CNc2ccccn2)C1. The minimum Gasteiger partial charge on any atom is -0.370 e. The fourth-order valence-electron chi connectivity index (χ4n) is 3.35. The maximum atomic E-state index is 4.52. The van der Waals surface area contributed by atoms with Gasteiger partial charge in [0.25, 0.3) is 0 Å². The van der Waals surface area contributed by atoms with Gasteiger partial charge in [-0.1, -0.05) is 6.07 Å². The average molecular weight is 353 g/mol. The molecule has 130 valence electrons. The summed E-state index contributed by atoms with van der Waals surface area (Å²) in [5, 5.41) is 10.2. The number of anilines is 1. The Kier molecular flexibility index (Phi) is 4.81. The van der Waals surface area contributed by atoms with Crippen LogP contribution in [-0.4, -0.2) is 32.8 Å². The van der Waals surface area contributed by atoms with E-state index in [0.29, 0.717) is 5.92 Å². The van der Waals surface area contributed by atoms with E-state index in [4.69, 9.17) is 0 Å². The predicted octanol–water partition coefficient (Wildman–Crippen LogP) is 3.39. The Bertz CT molecular complexity index is 810. The molecule has 0 amide bonds. The molecule has 0 unspecified atom stereocenters. The first kappa shape index (κ1) is 16.3. The summed E-state index contributed by atoms with van der Waals surface area (Å²) in [6.07, 6.45) is 3.74. The normalized spacial score (nSPS) is 17.9. The van der Waals surface area contributed by atoms with Crippen LogP contribution in [0.3, 0.4) is 0 Å². The molecule has 1 atom stereocenters. The van der Waals surface area contributed by atoms with Crippen LogP contribution in [0.5, 0.6) is 0 Å². The zero-order valence-electron chi connectivity index (χ0n) is 14.4. The lowest BCUT2D eigenvalue weighted by Crippen LogP contribution is -2.31. The molecule has 0 radical (unpaired) electrons. The Morgan fingerprint density at radius 2 is 2.16 bits per heavy atom. The molecule has 1 aliphatic rings. The van der Waals surface area contributed by atoms with Crippen LogP contribution in [0.15, 0.2) is 48.1 Å². The highest BCUT2D eigenvalue weighted by Crippen LogP contribution is 2.22. The summed E-state index contributed by atoms with van der Waals surface area (Å²) in [6.45, 7) is 7.07. The molecule has 0 saturated heterocycles. The van der Waals surface area contributed by atoms with Crippen molar-refractivity contribution < 1.29 is 0 Å². The van der Waals surface area contributed by atoms with Crippen molar-refractivity contribution in [3.63, 3.8) is 0 Å². The molecule has 4 rings (SSSR count). The van der Waals surface area contributed by atoms with Crippen LogP contribution >= 0.6 is 11.3 Å². The van der Waals surface area contributed by atoms with Crippen molar-refractivity contribution in [2.75, 3.05) is 18.4 Å². The van der Waals surface area contributed by atoms with Crippen molar-refractivity contribution in [1.29, 1.82) is 0 Å². The number of rotatable bonds is 5. The molecule has 0 aromatic carbocycles. The molecule has 25 heavy (non-hydrogen) atoms. The van der Waals surface area contributed by atoms with Crippen LogP contribution in [0.4, 0.5) is 5.82 Å². The molecular weight excluding hydrogens is 330 g/mol. The number of aromatic nitrogens is 3. The average Bonchev–Trinajstić information content (AvgIpc) is 3.19. The molecule has 6 heteroatoms. The second-order valence-electron chi connectivity index (χ2n) is 6.66. The standard InChI is InChI=1S/C19H23N5S/c1-15-6-9-25-18(15)14-23-11-16(10-21-19-4-2-3-7-20-19)12-24-17(13-23)5-8-22-24/h2-9,16H,10-14H2,1H3,(H,20,21)/t16-/m1/s1. The molecule has 0 saturated carbocycles. The highest BCUT2D eigenvalue weighted by Gasteiger charge is 2.23. The van der Waals surface area contributed by atoms with Gasteiger partial charge in [0.1, 0.15) is 5.82 Å². The number of nitrogens with one attached hydrogen (secondary N) is 1. The molecule has 3 aromatic heterocycles. The Morgan fingerprint density at radius 1 is 1.20 bits per heavy atom. The summed E-state index contributed by atoms with van der Waals surface area (Å²) < 4.78 is 2.16. The van der Waals surface area contributed by atoms with E-state index in [2.05, 4.69) is 49.4 Å². The maximum Gasteiger partial charge on any atom is 0.125 e. The van der Waals surface area contributed by atoms with Crippen LogP contribution in [0.1, 0.15) is 16.1 Å². The molecule has 0 aliphatic carbocycles. The molecule has 1 aliphatic heterocycles. The Morgan fingerprint density at radius 3 is 2.96 bits per heavy atom. The van der Waals surface area contributed by atoms with Gasteiger partial charge in [-0.15, -0.1) is 11.3 Å². The topological polar surface area (TPSA) is 46.0 Å². The van der Waals surface area contributed by atoms with Gasteiger partial charge in [-0.3, -0.25) is 9.58 Å². The van der Waals surface area contributed by atoms with Crippen molar-refractivity contribution in [1.82, 2.24) is 19.7 Å². The van der Waals surface area contributed by atoms with Gasteiger partial charge in [0.05, 0.1) is 5.69 Å². The van der Waals surface area contributed by atoms with E-state index >= 15 is 0 Å². The monoisotopic (exact) mass is 353 g/mol. The van der Waals surface area contributed by atoms with Crippen LogP contribution in [0, 0.1) is 12.8 Å². The highest BCUT2D eigenvalue weighted by atomic mass is 32.1. The molecule has 1 N–H and O–H groups in total. The number of hydrogen-bond donors (Lipinski definition) is 1. The van der Waals surface area contributed by atoms with Gasteiger partial charge >= 0.3 is 0 Å². The Balaban J connectivity index is 1.48. The number of pyridine rings is 1. The van der Waals surface area contributed by atoms with E-state index in [1.807, 2.05) is 41.9 Å². The van der Waals surface area contributed by atoms with Crippen molar-refractivity contribution in [3.8, 4) is 0 Å². The summed E-state index contributed by atoms with van der Waals surface area (Å²) in [6, 6.07) is 10.3. The summed E-state index contributed by atoms with van der Waals surface area (Å²) >= 11 is 1.86. The zero-order chi connectivity index (χ0) is 17.1. The van der Waals surface area contributed by atoms with E-state index in [1.54, 1.807) is 0 Å². The number of nitrogens with zero attached hydrogens (tertiary/aromatic N) is 4. The van der Waals surface area contributed by atoms with E-state index in [1.165, 1.54) is 16.1 Å². The highest BCUT2D eigenvalue weighted by molar-refractivity contribution is 7.10. The van der Waals surface area contributed by atoms with E-state index in [-0.39, 0.29) is 0 Å². The van der Waals surface area contributed by atoms with Crippen molar-refractivity contribution >= 4 is 17.2 Å². The number of aryl methyl sites for hydroxylation is 1. The maximum absolute atomic E-state index is 4.52. The lowest BCUT2D eigenvalue weighted by atomic mass is 10.1. The minimum absolute atomic E-state index is 0.489. The summed E-state index contributed by atoms with van der Waals surface area (Å²) in [5.74, 6) is 1.43. The third-order valence-electron chi connectivity index (χ3n) is 4.71. The first-order chi connectivity index (χ1) is 12.3. The molecule has 0 spiro atoms. The fourth-order valence-corrected chi connectivity index (χ4v) is 4.30. The van der Waals surface area contributed by atoms with Crippen LogP contribution in [-0.2, 0) is 19.6 Å². The molecule has 3 aromatic rings. The summed E-state index contributed by atoms with van der Waals surface area (Å²) in [7, 11) is 0. The molecule has 0 bridgehead atoms. The van der Waals surface area contributed by atoms with E-state index in [0.717, 1.165) is 38.5 Å². The van der Waals surface area contributed by atoms with Crippen molar-refractivity contribution in [3.05, 3.63) is 64.2 Å². The van der Waals surface area contributed by atoms with E-state index in [9.17, 15) is 0 Å². The van der Waals surface area contributed by atoms with Gasteiger partial charge in [-0.25, -0.2) is 4.98 Å². The van der Waals surface area contributed by atoms with Gasteiger partial charge in [0.15, 0.2) is 0 Å². The third-order valence-corrected chi connectivity index (χ3v) is 5.72. The number of hydrogen-bond acceptors (Lipinski definition) is 5. The quantitative estimate of drug-likeness (QED) is 0.764. The Labute approximate surface area is 152 Å². The number of thiophene rings is 1. The van der Waals surface area contributed by atoms with Crippen LogP contribution in [0.2, 0.25) is 0 Å². The summed E-state index contributed by atoms with van der Waals surface area (Å²) in [4.78, 5) is 8.37. The Hall–Kier alpha value is -2.18. The lowest BCUT2D eigenvalue weighted by molar-refractivity contribution is 0.227. The second-order valence-corrected chi connectivity index (χ2v) is 7.66. The lowest BCUT2D eigenvalue weighted by Gasteiger charge is -2.24. The zero-order valence-corrected chi connectivity index (χ0v) is 15.2. The van der Waals surface area contributed by atoms with Crippen LogP contribution in [0.25, 0.3) is 0 Å². The van der Waals surface area contributed by atoms with Gasteiger partial charge in [-0.05, 0) is 42.1 Å². The largest absolute Gasteiger partial charge is 0.370 e. The van der Waals surface area contributed by atoms with Crippen molar-refractivity contribution in [2.24, 2.45) is 5.92 Å². The smallest absolute Gasteiger partial charge is 0.125 e. The van der Waals surface area contributed by atoms with E-state index < -0.39 is 0 Å². The predicted molar refractivity (Wildman–Crippen MR) is 102 cm³/mol. The number of fused-ring (bicyclic) bond motifs is 1. The molecule has 5 nitrogen and oxygen atoms in total. The first-order valence-electron chi connectivity index (χ1n) is 8.69. The molecule has 0 fully saturated rings. The third kappa shape index (κ3) is 3.91. The molecular formula is C19H23N5S.